The summed E-state index contributed by atoms with van der Waals surface area (Å²) in [5.41, 5.74) is 4.53. The second-order valence-corrected chi connectivity index (χ2v) is 10.2. The summed E-state index contributed by atoms with van der Waals surface area (Å²) in [7, 11) is 0. The van der Waals surface area contributed by atoms with Crippen molar-refractivity contribution in [1.29, 1.82) is 0 Å². The number of carbonyl (C=O) groups is 1. The number of morpholine rings is 1. The van der Waals surface area contributed by atoms with Crippen molar-refractivity contribution < 1.29 is 9.53 Å². The van der Waals surface area contributed by atoms with Gasteiger partial charge in [0.2, 0.25) is 5.91 Å². The molecule has 0 bridgehead atoms. The molecule has 1 atom stereocenters. The fourth-order valence-electron chi connectivity index (χ4n) is 5.00. The normalized spacial score (nSPS) is 21.4. The number of nitrogens with one attached hydrogen (secondary N) is 2. The molecule has 2 aliphatic heterocycles. The summed E-state index contributed by atoms with van der Waals surface area (Å²) >= 11 is 0. The Labute approximate surface area is 211 Å². The summed E-state index contributed by atoms with van der Waals surface area (Å²) in [5, 5.41) is 6.80. The Bertz CT molecular complexity index is 1230. The molecule has 0 radical (unpaired) electrons. The molecule has 0 spiro atoms. The minimum absolute atomic E-state index is 0.0882. The number of hydrogen-bond acceptors (Lipinski definition) is 8. The Morgan fingerprint density at radius 3 is 2.64 bits per heavy atom. The summed E-state index contributed by atoms with van der Waals surface area (Å²) in [4.78, 5) is 31.0. The summed E-state index contributed by atoms with van der Waals surface area (Å²) in [5.74, 6) is 1.05. The van der Waals surface area contributed by atoms with E-state index in [0.29, 0.717) is 12.5 Å². The number of ether oxygens (including phenoxy) is 1. The number of anilines is 2. The van der Waals surface area contributed by atoms with Crippen LogP contribution in [-0.4, -0.2) is 84.3 Å². The number of fused-ring (bicyclic) bond motifs is 1. The molecule has 1 saturated carbocycles. The number of amides is 1. The largest absolute Gasteiger partial charge is 0.374 e. The number of piperazine rings is 1. The van der Waals surface area contributed by atoms with Gasteiger partial charge >= 0.3 is 0 Å². The molecule has 4 heterocycles. The van der Waals surface area contributed by atoms with E-state index in [2.05, 4.69) is 56.7 Å². The molecule has 9 nitrogen and oxygen atoms in total. The van der Waals surface area contributed by atoms with Crippen LogP contribution in [0.5, 0.6) is 0 Å². The molecular formula is C27H33N7O2. The molecule has 3 aromatic rings. The lowest BCUT2D eigenvalue weighted by Crippen LogP contribution is -2.50. The van der Waals surface area contributed by atoms with Gasteiger partial charge in [-0.25, -0.2) is 9.97 Å². The van der Waals surface area contributed by atoms with Crippen LogP contribution in [0.2, 0.25) is 0 Å². The van der Waals surface area contributed by atoms with Crippen LogP contribution in [0.4, 0.5) is 11.5 Å². The van der Waals surface area contributed by atoms with E-state index in [1.807, 2.05) is 11.0 Å². The molecule has 2 saturated heterocycles. The molecule has 0 unspecified atom stereocenters. The first-order chi connectivity index (χ1) is 17.6. The standard InChI is InChI=1S/C27H33N7O2/c1-27(6-7-27)26(35)34-13-11-33(12-14-34)20-4-2-19(3-5-20)22-16-23-24(30-9-8-29-23)25(32-22)31-18-21-17-28-10-15-36-21/h2-5,8-9,16,21,28H,6-7,10-15,17-18H2,1H3,(H,31,32)/t21-/m0/s1. The third-order valence-corrected chi connectivity index (χ3v) is 7.57. The van der Waals surface area contributed by atoms with E-state index >= 15 is 0 Å². The number of aromatic nitrogens is 3. The number of hydrogen-bond donors (Lipinski definition) is 2. The first kappa shape index (κ1) is 23.1. The third-order valence-electron chi connectivity index (χ3n) is 7.57. The van der Waals surface area contributed by atoms with Gasteiger partial charge in [-0.1, -0.05) is 19.1 Å². The Morgan fingerprint density at radius 1 is 1.14 bits per heavy atom. The fraction of sp³-hybridized carbons (Fsp3) is 0.481. The highest BCUT2D eigenvalue weighted by Crippen LogP contribution is 2.46. The number of rotatable bonds is 6. The van der Waals surface area contributed by atoms with Gasteiger partial charge in [-0.05, 0) is 31.0 Å². The van der Waals surface area contributed by atoms with E-state index in [1.165, 1.54) is 5.69 Å². The lowest BCUT2D eigenvalue weighted by molar-refractivity contribution is -0.136. The Hall–Kier alpha value is -3.30. The lowest BCUT2D eigenvalue weighted by Gasteiger charge is -2.37. The molecule has 3 aliphatic rings. The van der Waals surface area contributed by atoms with Gasteiger partial charge in [0.05, 0.1) is 23.9 Å². The topological polar surface area (TPSA) is 95.5 Å². The smallest absolute Gasteiger partial charge is 0.228 e. The van der Waals surface area contributed by atoms with Crippen LogP contribution in [0.1, 0.15) is 19.8 Å². The molecule has 9 heteroatoms. The number of benzene rings is 1. The first-order valence-corrected chi connectivity index (χ1v) is 12.9. The van der Waals surface area contributed by atoms with Crippen molar-refractivity contribution in [3.05, 3.63) is 42.7 Å². The van der Waals surface area contributed by atoms with Crippen LogP contribution >= 0.6 is 0 Å². The van der Waals surface area contributed by atoms with Crippen molar-refractivity contribution in [2.45, 2.75) is 25.9 Å². The highest BCUT2D eigenvalue weighted by atomic mass is 16.5. The van der Waals surface area contributed by atoms with Gasteiger partial charge in [0.15, 0.2) is 5.82 Å². The van der Waals surface area contributed by atoms with Gasteiger partial charge in [0.1, 0.15) is 5.52 Å². The zero-order valence-electron chi connectivity index (χ0n) is 20.7. The van der Waals surface area contributed by atoms with Crippen LogP contribution in [-0.2, 0) is 9.53 Å². The van der Waals surface area contributed by atoms with E-state index < -0.39 is 0 Å². The maximum atomic E-state index is 12.7. The molecular weight excluding hydrogens is 454 g/mol. The molecule has 2 aromatic heterocycles. The quantitative estimate of drug-likeness (QED) is 0.548. The molecule has 2 N–H and O–H groups in total. The van der Waals surface area contributed by atoms with Crippen molar-refractivity contribution in [2.75, 3.05) is 62.6 Å². The van der Waals surface area contributed by atoms with Gasteiger partial charge in [0.25, 0.3) is 0 Å². The molecule has 1 amide bonds. The monoisotopic (exact) mass is 487 g/mol. The maximum Gasteiger partial charge on any atom is 0.228 e. The minimum atomic E-state index is -0.0882. The Balaban J connectivity index is 1.16. The second-order valence-electron chi connectivity index (χ2n) is 10.2. The molecule has 3 fully saturated rings. The van der Waals surface area contributed by atoms with Crippen LogP contribution in [0.3, 0.4) is 0 Å². The maximum absolute atomic E-state index is 12.7. The summed E-state index contributed by atoms with van der Waals surface area (Å²) in [6.07, 6.45) is 5.56. The van der Waals surface area contributed by atoms with Crippen molar-refractivity contribution >= 4 is 28.4 Å². The van der Waals surface area contributed by atoms with E-state index in [4.69, 9.17) is 9.72 Å². The summed E-state index contributed by atoms with van der Waals surface area (Å²) in [6, 6.07) is 10.5. The Kier molecular flexibility index (Phi) is 6.18. The Morgan fingerprint density at radius 2 is 1.92 bits per heavy atom. The number of carbonyl (C=O) groups excluding carboxylic acids is 1. The molecule has 1 aliphatic carbocycles. The summed E-state index contributed by atoms with van der Waals surface area (Å²) in [6.45, 7) is 8.47. The van der Waals surface area contributed by atoms with E-state index in [-0.39, 0.29) is 11.5 Å². The van der Waals surface area contributed by atoms with Crippen molar-refractivity contribution in [2.24, 2.45) is 5.41 Å². The van der Waals surface area contributed by atoms with Crippen LogP contribution in [0.25, 0.3) is 22.3 Å². The highest BCUT2D eigenvalue weighted by Gasteiger charge is 2.47. The number of nitrogens with zero attached hydrogens (tertiary/aromatic N) is 5. The zero-order valence-corrected chi connectivity index (χ0v) is 20.7. The van der Waals surface area contributed by atoms with E-state index in [1.54, 1.807) is 12.4 Å². The SMILES string of the molecule is CC1(C(=O)N2CCN(c3ccc(-c4cc5nccnc5c(NC[C@@H]5CNCCO5)n4)cc3)CC2)CC1. The molecule has 1 aromatic carbocycles. The predicted molar refractivity (Wildman–Crippen MR) is 140 cm³/mol. The summed E-state index contributed by atoms with van der Waals surface area (Å²) < 4.78 is 5.82. The van der Waals surface area contributed by atoms with Crippen molar-refractivity contribution in [1.82, 2.24) is 25.2 Å². The van der Waals surface area contributed by atoms with Gasteiger partial charge in [-0.2, -0.15) is 0 Å². The fourth-order valence-corrected chi connectivity index (χ4v) is 5.00. The van der Waals surface area contributed by atoms with Gasteiger partial charge < -0.3 is 25.2 Å². The van der Waals surface area contributed by atoms with E-state index in [9.17, 15) is 4.79 Å². The third kappa shape index (κ3) is 4.73. The van der Waals surface area contributed by atoms with Crippen molar-refractivity contribution in [3.8, 4) is 11.3 Å². The van der Waals surface area contributed by atoms with Crippen LogP contribution in [0, 0.1) is 5.41 Å². The van der Waals surface area contributed by atoms with E-state index in [0.717, 1.165) is 86.8 Å². The van der Waals surface area contributed by atoms with Crippen LogP contribution in [0.15, 0.2) is 42.7 Å². The number of pyridine rings is 1. The van der Waals surface area contributed by atoms with Crippen molar-refractivity contribution in [3.63, 3.8) is 0 Å². The average Bonchev–Trinajstić information content (AvgIpc) is 3.70. The lowest BCUT2D eigenvalue weighted by atomic mass is 10.1. The predicted octanol–water partition coefficient (Wildman–Crippen LogP) is 2.54. The average molecular weight is 488 g/mol. The molecule has 6 rings (SSSR count). The van der Waals surface area contributed by atoms with Gasteiger partial charge in [-0.3, -0.25) is 9.78 Å². The zero-order chi connectivity index (χ0) is 24.5. The molecule has 188 valence electrons. The second kappa shape index (κ2) is 9.63. The minimum Gasteiger partial charge on any atom is -0.374 e. The molecule has 36 heavy (non-hydrogen) atoms. The van der Waals surface area contributed by atoms with Gasteiger partial charge in [-0.15, -0.1) is 0 Å². The first-order valence-electron chi connectivity index (χ1n) is 12.9. The highest BCUT2D eigenvalue weighted by molar-refractivity contribution is 5.88. The van der Waals surface area contributed by atoms with Crippen LogP contribution < -0.4 is 15.5 Å². The van der Waals surface area contributed by atoms with Gasteiger partial charge in [0, 0.05) is 74.9 Å².